The summed E-state index contributed by atoms with van der Waals surface area (Å²) in [4.78, 5) is 43.7. The SMILES string of the molecule is CCCCN1CC=C[C@]23S[C@@H]4C=CCCOC(=O)[C@@H]4[C@H]2C(=O)N(CCCO)C3C1=O. The van der Waals surface area contributed by atoms with Gasteiger partial charge in [0.1, 0.15) is 6.04 Å². The van der Waals surface area contributed by atoms with Gasteiger partial charge in [-0.25, -0.2) is 0 Å². The highest BCUT2D eigenvalue weighted by atomic mass is 32.2. The number of thioether (sulfide) groups is 1. The second kappa shape index (κ2) is 8.75. The fourth-order valence-corrected chi connectivity index (χ4v) is 7.19. The number of carbonyl (C=O) groups is 3. The Labute approximate surface area is 181 Å². The van der Waals surface area contributed by atoms with Crippen LogP contribution in [0.15, 0.2) is 24.3 Å². The molecule has 0 saturated carbocycles. The number of ether oxygens (including phenoxy) is 1. The Kier molecular flexibility index (Phi) is 6.25. The van der Waals surface area contributed by atoms with Gasteiger partial charge < -0.3 is 19.6 Å². The highest BCUT2D eigenvalue weighted by Gasteiger charge is 2.70. The Bertz CT molecular complexity index is 769. The Balaban J connectivity index is 1.77. The average molecular weight is 435 g/mol. The van der Waals surface area contributed by atoms with Crippen molar-refractivity contribution < 1.29 is 24.2 Å². The van der Waals surface area contributed by atoms with Crippen LogP contribution in [-0.4, -0.2) is 81.6 Å². The van der Waals surface area contributed by atoms with Gasteiger partial charge in [0.15, 0.2) is 0 Å². The maximum atomic E-state index is 13.7. The van der Waals surface area contributed by atoms with Crippen LogP contribution in [0.1, 0.15) is 32.6 Å². The number of cyclic esters (lactones) is 1. The summed E-state index contributed by atoms with van der Waals surface area (Å²) in [6.07, 6.45) is 11.0. The van der Waals surface area contributed by atoms with Crippen LogP contribution in [0, 0.1) is 11.8 Å². The lowest BCUT2D eigenvalue weighted by atomic mass is 9.78. The first kappa shape index (κ1) is 21.4. The number of likely N-dealkylation sites (tertiary alicyclic amines) is 1. The number of aliphatic hydroxyl groups excluding tert-OH is 1. The molecule has 4 aliphatic heterocycles. The highest BCUT2D eigenvalue weighted by Crippen LogP contribution is 2.60. The molecule has 0 aromatic rings. The molecule has 5 atom stereocenters. The summed E-state index contributed by atoms with van der Waals surface area (Å²) >= 11 is 1.56. The standard InChI is InChI=1S/C22H30N2O5S/c1-2-3-10-23-11-6-9-22-17(16-15(30-22)8-4-5-14-29-21(16)28)19(26)24(12-7-13-25)18(22)20(23)27/h4,6,8-9,15-18,25H,2-3,5,7,10-14H2,1H3/t15-,16+,17+,18?,22+/m1/s1. The Morgan fingerprint density at radius 1 is 1.20 bits per heavy atom. The Morgan fingerprint density at radius 2 is 2.03 bits per heavy atom. The van der Waals surface area contributed by atoms with E-state index in [1.807, 2.05) is 29.2 Å². The third-order valence-electron chi connectivity index (χ3n) is 6.54. The fourth-order valence-electron chi connectivity index (χ4n) is 5.18. The number of carbonyl (C=O) groups excluding carboxylic acids is 3. The first-order valence-corrected chi connectivity index (χ1v) is 11.8. The van der Waals surface area contributed by atoms with Gasteiger partial charge in [0.25, 0.3) is 0 Å². The van der Waals surface area contributed by atoms with Crippen LogP contribution in [0.25, 0.3) is 0 Å². The number of esters is 1. The van der Waals surface area contributed by atoms with Crippen molar-refractivity contribution in [1.82, 2.24) is 9.80 Å². The topological polar surface area (TPSA) is 87.2 Å². The number of rotatable bonds is 6. The molecule has 0 radical (unpaired) electrons. The molecule has 4 rings (SSSR count). The van der Waals surface area contributed by atoms with E-state index in [2.05, 4.69) is 6.92 Å². The minimum atomic E-state index is -0.784. The Morgan fingerprint density at radius 3 is 2.80 bits per heavy atom. The zero-order valence-corrected chi connectivity index (χ0v) is 18.2. The third-order valence-corrected chi connectivity index (χ3v) is 8.29. The largest absolute Gasteiger partial charge is 0.465 e. The second-order valence-electron chi connectivity index (χ2n) is 8.38. The van der Waals surface area contributed by atoms with Crippen molar-refractivity contribution in [3.63, 3.8) is 0 Å². The van der Waals surface area contributed by atoms with Gasteiger partial charge in [-0.2, -0.15) is 0 Å². The quantitative estimate of drug-likeness (QED) is 0.502. The lowest BCUT2D eigenvalue weighted by Crippen LogP contribution is -2.53. The predicted octanol–water partition coefficient (Wildman–Crippen LogP) is 1.37. The maximum absolute atomic E-state index is 13.7. The molecule has 164 valence electrons. The molecule has 0 aromatic heterocycles. The van der Waals surface area contributed by atoms with E-state index in [-0.39, 0.29) is 29.6 Å². The molecule has 0 aliphatic carbocycles. The number of fused-ring (bicyclic) bond motifs is 2. The monoisotopic (exact) mass is 434 g/mol. The maximum Gasteiger partial charge on any atom is 0.311 e. The van der Waals surface area contributed by atoms with Gasteiger partial charge in [-0.1, -0.05) is 37.6 Å². The molecule has 2 saturated heterocycles. The van der Waals surface area contributed by atoms with Crippen molar-refractivity contribution in [2.24, 2.45) is 11.8 Å². The van der Waals surface area contributed by atoms with Crippen LogP contribution in [0.3, 0.4) is 0 Å². The van der Waals surface area contributed by atoms with Crippen LogP contribution in [-0.2, 0) is 19.1 Å². The summed E-state index contributed by atoms with van der Waals surface area (Å²) in [6, 6.07) is -0.656. The van der Waals surface area contributed by atoms with Gasteiger partial charge >= 0.3 is 5.97 Å². The molecule has 4 heterocycles. The average Bonchev–Trinajstić information content (AvgIpc) is 3.10. The fraction of sp³-hybridized carbons (Fsp3) is 0.682. The van der Waals surface area contributed by atoms with Gasteiger partial charge in [0.2, 0.25) is 11.8 Å². The molecule has 1 N–H and O–H groups in total. The van der Waals surface area contributed by atoms with E-state index < -0.39 is 22.6 Å². The predicted molar refractivity (Wildman–Crippen MR) is 114 cm³/mol. The smallest absolute Gasteiger partial charge is 0.311 e. The number of aliphatic hydroxyl groups is 1. The van der Waals surface area contributed by atoms with Gasteiger partial charge in [-0.3, -0.25) is 14.4 Å². The van der Waals surface area contributed by atoms with E-state index in [1.165, 1.54) is 0 Å². The van der Waals surface area contributed by atoms with Crippen LogP contribution < -0.4 is 0 Å². The minimum absolute atomic E-state index is 0.0538. The van der Waals surface area contributed by atoms with Crippen LogP contribution in [0.4, 0.5) is 0 Å². The van der Waals surface area contributed by atoms with Crippen molar-refractivity contribution in [2.75, 3.05) is 32.8 Å². The zero-order chi connectivity index (χ0) is 21.3. The van der Waals surface area contributed by atoms with Gasteiger partial charge in [-0.05, 0) is 19.3 Å². The highest BCUT2D eigenvalue weighted by molar-refractivity contribution is 8.02. The molecule has 2 amide bonds. The number of unbranched alkanes of at least 4 members (excludes halogenated alkanes) is 1. The van der Waals surface area contributed by atoms with Crippen LogP contribution in [0.5, 0.6) is 0 Å². The summed E-state index contributed by atoms with van der Waals surface area (Å²) in [7, 11) is 0. The number of nitrogens with zero attached hydrogens (tertiary/aromatic N) is 2. The number of hydrogen-bond donors (Lipinski definition) is 1. The molecule has 8 heteroatoms. The molecule has 1 spiro atoms. The molecule has 30 heavy (non-hydrogen) atoms. The van der Waals surface area contributed by atoms with Crippen molar-refractivity contribution >= 4 is 29.5 Å². The van der Waals surface area contributed by atoms with E-state index in [4.69, 9.17) is 4.74 Å². The van der Waals surface area contributed by atoms with Crippen molar-refractivity contribution in [2.45, 2.75) is 48.6 Å². The minimum Gasteiger partial charge on any atom is -0.465 e. The molecule has 7 nitrogen and oxygen atoms in total. The Hall–Kier alpha value is -1.80. The number of hydrogen-bond acceptors (Lipinski definition) is 6. The van der Waals surface area contributed by atoms with Gasteiger partial charge in [0, 0.05) is 31.5 Å². The molecule has 1 unspecified atom stereocenters. The zero-order valence-electron chi connectivity index (χ0n) is 17.4. The molecule has 4 aliphatic rings. The third kappa shape index (κ3) is 3.38. The molecule has 0 bridgehead atoms. The van der Waals surface area contributed by atoms with E-state index in [9.17, 15) is 19.5 Å². The first-order valence-electron chi connectivity index (χ1n) is 10.9. The normalized spacial score (nSPS) is 35.5. The van der Waals surface area contributed by atoms with E-state index in [0.717, 1.165) is 12.8 Å². The van der Waals surface area contributed by atoms with Gasteiger partial charge in [-0.15, -0.1) is 11.8 Å². The van der Waals surface area contributed by atoms with E-state index >= 15 is 0 Å². The molecular weight excluding hydrogens is 404 g/mol. The summed E-state index contributed by atoms with van der Waals surface area (Å²) in [5.74, 6) is -1.79. The van der Waals surface area contributed by atoms with Gasteiger partial charge in [0.05, 0.1) is 23.2 Å². The molecule has 0 aromatic carbocycles. The van der Waals surface area contributed by atoms with Crippen LogP contribution in [0.2, 0.25) is 0 Å². The van der Waals surface area contributed by atoms with Crippen molar-refractivity contribution in [1.29, 1.82) is 0 Å². The number of amides is 2. The second-order valence-corrected chi connectivity index (χ2v) is 9.86. The van der Waals surface area contributed by atoms with E-state index in [0.29, 0.717) is 39.1 Å². The van der Waals surface area contributed by atoms with Crippen molar-refractivity contribution in [3.05, 3.63) is 24.3 Å². The molecule has 2 fully saturated rings. The first-order chi connectivity index (χ1) is 14.5. The van der Waals surface area contributed by atoms with Crippen LogP contribution >= 0.6 is 11.8 Å². The molecular formula is C22H30N2O5S. The summed E-state index contributed by atoms with van der Waals surface area (Å²) in [5.41, 5.74) is 0. The lowest BCUT2D eigenvalue weighted by Gasteiger charge is -2.35. The van der Waals surface area contributed by atoms with Crippen molar-refractivity contribution in [3.8, 4) is 0 Å². The summed E-state index contributed by atoms with van der Waals surface area (Å²) in [5, 5.41) is 9.18. The summed E-state index contributed by atoms with van der Waals surface area (Å²) < 4.78 is 4.66. The van der Waals surface area contributed by atoms with E-state index in [1.54, 1.807) is 16.7 Å². The summed E-state index contributed by atoms with van der Waals surface area (Å²) in [6.45, 7) is 3.82. The lowest BCUT2D eigenvalue weighted by molar-refractivity contribution is -0.153.